The summed E-state index contributed by atoms with van der Waals surface area (Å²) in [7, 11) is 0. The second kappa shape index (κ2) is 6.29. The van der Waals surface area contributed by atoms with Crippen molar-refractivity contribution in [2.24, 2.45) is 0 Å². The summed E-state index contributed by atoms with van der Waals surface area (Å²) < 4.78 is 10.6. The zero-order chi connectivity index (χ0) is 18.1. The van der Waals surface area contributed by atoms with Crippen LogP contribution in [0.4, 0.5) is 0 Å². The van der Waals surface area contributed by atoms with Crippen molar-refractivity contribution in [3.05, 3.63) is 98.7 Å². The summed E-state index contributed by atoms with van der Waals surface area (Å²) in [6.07, 6.45) is 3.80. The second-order valence-electron chi connectivity index (χ2n) is 5.70. The number of hydrogen-bond acceptors (Lipinski definition) is 5. The van der Waals surface area contributed by atoms with E-state index in [4.69, 9.17) is 8.83 Å². The number of carbonyl (C=O) groups excluding carboxylic acids is 1. The van der Waals surface area contributed by atoms with Crippen LogP contribution in [0.3, 0.4) is 0 Å². The lowest BCUT2D eigenvalue weighted by molar-refractivity contribution is 0.104. The Balaban J connectivity index is 1.72. The second-order valence-corrected chi connectivity index (χ2v) is 5.70. The molecule has 0 bridgehead atoms. The van der Waals surface area contributed by atoms with Crippen LogP contribution in [0, 0.1) is 0 Å². The van der Waals surface area contributed by atoms with Gasteiger partial charge in [0.1, 0.15) is 23.0 Å². The predicted molar refractivity (Wildman–Crippen MR) is 98.3 cm³/mol. The number of carbonyl (C=O) groups is 1. The maximum absolute atomic E-state index is 12.4. The van der Waals surface area contributed by atoms with E-state index in [0.717, 1.165) is 0 Å². The summed E-state index contributed by atoms with van der Waals surface area (Å²) in [4.78, 5) is 36.8. The first kappa shape index (κ1) is 15.8. The first-order valence-corrected chi connectivity index (χ1v) is 7.89. The highest BCUT2D eigenvalue weighted by molar-refractivity contribution is 6.07. The third-order valence-electron chi connectivity index (χ3n) is 4.03. The van der Waals surface area contributed by atoms with Gasteiger partial charge < -0.3 is 8.83 Å². The van der Waals surface area contributed by atoms with E-state index in [-0.39, 0.29) is 16.6 Å². The van der Waals surface area contributed by atoms with Crippen LogP contribution in [0.1, 0.15) is 15.9 Å². The van der Waals surface area contributed by atoms with Gasteiger partial charge in [0, 0.05) is 5.39 Å². The Morgan fingerprint density at radius 2 is 1.65 bits per heavy atom. The van der Waals surface area contributed by atoms with E-state index in [0.29, 0.717) is 21.9 Å². The number of rotatable bonds is 3. The van der Waals surface area contributed by atoms with Gasteiger partial charge in [0.25, 0.3) is 0 Å². The van der Waals surface area contributed by atoms with Crippen molar-refractivity contribution in [3.63, 3.8) is 0 Å². The van der Waals surface area contributed by atoms with Crippen LogP contribution in [-0.4, -0.2) is 5.78 Å². The molecule has 4 aromatic rings. The van der Waals surface area contributed by atoms with Gasteiger partial charge in [-0.2, -0.15) is 0 Å². The highest BCUT2D eigenvalue weighted by atomic mass is 16.4. The van der Waals surface area contributed by atoms with E-state index in [1.165, 1.54) is 24.5 Å². The van der Waals surface area contributed by atoms with Gasteiger partial charge in [-0.25, -0.2) is 4.79 Å². The Morgan fingerprint density at radius 1 is 0.923 bits per heavy atom. The van der Waals surface area contributed by atoms with Crippen LogP contribution in [0.2, 0.25) is 0 Å². The van der Waals surface area contributed by atoms with Crippen LogP contribution in [-0.2, 0) is 0 Å². The maximum atomic E-state index is 12.4. The zero-order valence-electron chi connectivity index (χ0n) is 13.5. The van der Waals surface area contributed by atoms with Crippen LogP contribution in [0.15, 0.2) is 85.4 Å². The molecule has 126 valence electrons. The molecular formula is C21H12O5. The molecule has 0 atom stereocenters. The van der Waals surface area contributed by atoms with E-state index < -0.39 is 11.4 Å². The fourth-order valence-electron chi connectivity index (χ4n) is 2.70. The highest BCUT2D eigenvalue weighted by Crippen LogP contribution is 2.14. The van der Waals surface area contributed by atoms with Crippen LogP contribution < -0.4 is 11.1 Å². The molecule has 0 aliphatic rings. The van der Waals surface area contributed by atoms with Crippen LogP contribution >= 0.6 is 0 Å². The van der Waals surface area contributed by atoms with Crippen molar-refractivity contribution in [1.82, 2.24) is 0 Å². The first-order chi connectivity index (χ1) is 12.6. The molecular weight excluding hydrogens is 332 g/mol. The summed E-state index contributed by atoms with van der Waals surface area (Å²) >= 11 is 0. The van der Waals surface area contributed by atoms with Gasteiger partial charge in [-0.1, -0.05) is 30.3 Å². The molecule has 2 aromatic carbocycles. The Labute approximate surface area is 146 Å². The number of allylic oxidation sites excluding steroid dienone is 1. The van der Waals surface area contributed by atoms with Crippen molar-refractivity contribution in [2.75, 3.05) is 0 Å². The van der Waals surface area contributed by atoms with E-state index in [2.05, 4.69) is 0 Å². The first-order valence-electron chi connectivity index (χ1n) is 7.89. The van der Waals surface area contributed by atoms with Gasteiger partial charge in [-0.15, -0.1) is 0 Å². The van der Waals surface area contributed by atoms with Crippen molar-refractivity contribution >= 4 is 33.8 Å². The molecule has 2 aromatic heterocycles. The number of hydrogen-bond donors (Lipinski definition) is 0. The minimum atomic E-state index is -0.719. The summed E-state index contributed by atoms with van der Waals surface area (Å²) in [6, 6.07) is 15.3. The molecule has 0 radical (unpaired) electrons. The summed E-state index contributed by atoms with van der Waals surface area (Å²) in [5.74, 6) is -0.544. The van der Waals surface area contributed by atoms with Gasteiger partial charge in [-0.3, -0.25) is 9.59 Å². The zero-order valence-corrected chi connectivity index (χ0v) is 13.5. The van der Waals surface area contributed by atoms with E-state index >= 15 is 0 Å². The quantitative estimate of drug-likeness (QED) is 0.321. The molecule has 0 aliphatic carbocycles. The third-order valence-corrected chi connectivity index (χ3v) is 4.03. The lowest BCUT2D eigenvalue weighted by atomic mass is 10.1. The minimum Gasteiger partial charge on any atom is -0.463 e. The molecule has 0 amide bonds. The van der Waals surface area contributed by atoms with Crippen molar-refractivity contribution in [2.45, 2.75) is 0 Å². The lowest BCUT2D eigenvalue weighted by Crippen LogP contribution is -2.12. The van der Waals surface area contributed by atoms with Crippen molar-refractivity contribution < 1.29 is 13.6 Å². The molecule has 26 heavy (non-hydrogen) atoms. The fourth-order valence-corrected chi connectivity index (χ4v) is 2.70. The topological polar surface area (TPSA) is 77.5 Å². The van der Waals surface area contributed by atoms with Gasteiger partial charge in [0.05, 0.1) is 10.9 Å². The Kier molecular flexibility index (Phi) is 3.82. The van der Waals surface area contributed by atoms with E-state index in [1.54, 1.807) is 48.5 Å². The summed E-state index contributed by atoms with van der Waals surface area (Å²) in [5.41, 5.74) is 0.0436. The average molecular weight is 344 g/mol. The monoisotopic (exact) mass is 344 g/mol. The normalized spacial score (nSPS) is 11.4. The predicted octanol–water partition coefficient (Wildman–Crippen LogP) is 3.80. The number of ketones is 1. The maximum Gasteiger partial charge on any atom is 0.347 e. The standard InChI is InChI=1S/C21H12O5/c22-17(16-11-13-5-1-3-7-18(13)26-21(16)24)10-9-14-12-25-19-8-4-2-6-15(19)20(14)23/h1-12H/b10-9+. The Morgan fingerprint density at radius 3 is 2.50 bits per heavy atom. The molecule has 2 heterocycles. The smallest absolute Gasteiger partial charge is 0.347 e. The largest absolute Gasteiger partial charge is 0.463 e. The molecule has 0 aliphatic heterocycles. The molecule has 5 nitrogen and oxygen atoms in total. The highest BCUT2D eigenvalue weighted by Gasteiger charge is 2.11. The third kappa shape index (κ3) is 2.75. The molecule has 0 fully saturated rings. The number of para-hydroxylation sites is 2. The fraction of sp³-hybridized carbons (Fsp3) is 0. The van der Waals surface area contributed by atoms with Gasteiger partial charge in [-0.05, 0) is 36.4 Å². The Bertz CT molecular complexity index is 1290. The van der Waals surface area contributed by atoms with E-state index in [1.807, 2.05) is 0 Å². The lowest BCUT2D eigenvalue weighted by Gasteiger charge is -1.99. The molecule has 0 unspecified atom stereocenters. The number of fused-ring (bicyclic) bond motifs is 2. The summed E-state index contributed by atoms with van der Waals surface area (Å²) in [5, 5.41) is 1.07. The molecule has 5 heteroatoms. The molecule has 4 rings (SSSR count). The summed E-state index contributed by atoms with van der Waals surface area (Å²) in [6.45, 7) is 0. The van der Waals surface area contributed by atoms with Gasteiger partial charge >= 0.3 is 5.63 Å². The van der Waals surface area contributed by atoms with Crippen LogP contribution in [0.5, 0.6) is 0 Å². The van der Waals surface area contributed by atoms with Crippen molar-refractivity contribution in [3.8, 4) is 0 Å². The molecule has 0 N–H and O–H groups in total. The van der Waals surface area contributed by atoms with E-state index in [9.17, 15) is 14.4 Å². The average Bonchev–Trinajstić information content (AvgIpc) is 2.67. The van der Waals surface area contributed by atoms with Crippen LogP contribution in [0.25, 0.3) is 28.0 Å². The van der Waals surface area contributed by atoms with Crippen molar-refractivity contribution in [1.29, 1.82) is 0 Å². The Hall–Kier alpha value is -3.73. The number of benzene rings is 2. The molecule has 0 spiro atoms. The molecule has 0 saturated carbocycles. The molecule has 0 saturated heterocycles. The SMILES string of the molecule is O=C(/C=C/c1coc2ccccc2c1=O)c1cc2ccccc2oc1=O. The minimum absolute atomic E-state index is 0.0925. The van der Waals surface area contributed by atoms with Gasteiger partial charge in [0.2, 0.25) is 0 Å². The van der Waals surface area contributed by atoms with Gasteiger partial charge in [0.15, 0.2) is 11.2 Å².